The zero-order chi connectivity index (χ0) is 33.2. The average Bonchev–Trinajstić information content (AvgIpc) is 3.82. The van der Waals surface area contributed by atoms with Gasteiger partial charge in [0.15, 0.2) is 10.9 Å². The molecule has 3 saturated heterocycles. The number of β-amino-alcohol motifs (C(OH)–C–C–N with tert-alkyl or cyclic N) is 1. The molecule has 2 aromatic heterocycles. The molecule has 4 aliphatic rings. The summed E-state index contributed by atoms with van der Waals surface area (Å²) in [4.78, 5) is 30.9. The van der Waals surface area contributed by atoms with Crippen molar-refractivity contribution in [3.63, 3.8) is 0 Å². The number of nitriles is 1. The predicted molar refractivity (Wildman–Crippen MR) is 182 cm³/mol. The zero-order valence-corrected chi connectivity index (χ0v) is 27.7. The molecule has 12 heteroatoms. The second-order valence-electron chi connectivity index (χ2n) is 13.8. The topological polar surface area (TPSA) is 99.8 Å². The number of carbonyl (C=O) groups excluding carboxylic acids is 1. The smallest absolute Gasteiger partial charge is 0.236 e. The Bertz CT molecular complexity index is 1940. The molecule has 3 fully saturated rings. The van der Waals surface area contributed by atoms with Crippen LogP contribution < -0.4 is 9.80 Å². The van der Waals surface area contributed by atoms with Crippen LogP contribution in [-0.2, 0) is 17.6 Å². The maximum absolute atomic E-state index is 16.1. The largest absolute Gasteiger partial charge is 0.389 e. The molecule has 5 heterocycles. The van der Waals surface area contributed by atoms with Gasteiger partial charge in [-0.1, -0.05) is 11.3 Å². The first-order valence-corrected chi connectivity index (χ1v) is 17.5. The van der Waals surface area contributed by atoms with Crippen LogP contribution in [0.5, 0.6) is 0 Å². The first-order chi connectivity index (χ1) is 23.2. The molecular formula is C36H37F2N7O2S. The van der Waals surface area contributed by atoms with Gasteiger partial charge in [-0.2, -0.15) is 5.26 Å². The van der Waals surface area contributed by atoms with Gasteiger partial charge in [0.25, 0.3) is 0 Å². The van der Waals surface area contributed by atoms with E-state index in [4.69, 9.17) is 9.97 Å². The maximum atomic E-state index is 16.1. The number of anilines is 3. The molecule has 8 rings (SSSR count). The van der Waals surface area contributed by atoms with Gasteiger partial charge < -0.3 is 19.8 Å². The molecule has 4 aromatic rings. The summed E-state index contributed by atoms with van der Waals surface area (Å²) < 4.78 is 29.7. The van der Waals surface area contributed by atoms with Gasteiger partial charge in [0.2, 0.25) is 5.91 Å². The van der Waals surface area contributed by atoms with Gasteiger partial charge in [-0.05, 0) is 99.0 Å². The third kappa shape index (κ3) is 5.47. The van der Waals surface area contributed by atoms with E-state index < -0.39 is 0 Å². The van der Waals surface area contributed by atoms with Gasteiger partial charge in [-0.25, -0.2) is 18.7 Å². The van der Waals surface area contributed by atoms with E-state index in [1.807, 2.05) is 11.9 Å². The molecule has 1 amide bonds. The summed E-state index contributed by atoms with van der Waals surface area (Å²) in [5.41, 5.74) is 5.34. The first kappa shape index (κ1) is 31.1. The molecule has 1 aliphatic carbocycles. The number of amides is 1. The van der Waals surface area contributed by atoms with Crippen LogP contribution >= 0.6 is 11.3 Å². The summed E-state index contributed by atoms with van der Waals surface area (Å²) in [5.74, 6) is -0.613. The second-order valence-corrected chi connectivity index (χ2v) is 14.8. The number of hydrogen-bond acceptors (Lipinski definition) is 9. The number of likely N-dealkylation sites (tertiary alicyclic amines) is 2. The minimum Gasteiger partial charge on any atom is -0.389 e. The molecule has 0 bridgehead atoms. The van der Waals surface area contributed by atoms with Crippen LogP contribution in [0.25, 0.3) is 22.2 Å². The molecule has 0 radical (unpaired) electrons. The van der Waals surface area contributed by atoms with Crippen LogP contribution in [0.3, 0.4) is 0 Å². The fraction of sp³-hybridized carbons (Fsp3) is 0.444. The lowest BCUT2D eigenvalue weighted by Crippen LogP contribution is -2.56. The van der Waals surface area contributed by atoms with Crippen molar-refractivity contribution in [2.45, 2.75) is 44.6 Å². The van der Waals surface area contributed by atoms with Crippen LogP contribution in [0.2, 0.25) is 0 Å². The van der Waals surface area contributed by atoms with Gasteiger partial charge in [-0.3, -0.25) is 9.69 Å². The van der Waals surface area contributed by atoms with Crippen LogP contribution in [0, 0.1) is 28.4 Å². The van der Waals surface area contributed by atoms with Crippen LogP contribution in [0.1, 0.15) is 41.8 Å². The van der Waals surface area contributed by atoms with E-state index in [1.54, 1.807) is 23.1 Å². The minimum absolute atomic E-state index is 0.0880. The number of aryl methyl sites for hydroxylation is 1. The van der Waals surface area contributed by atoms with Crippen molar-refractivity contribution < 1.29 is 18.7 Å². The Balaban J connectivity index is 1.07. The molecule has 248 valence electrons. The molecule has 0 atom stereocenters. The summed E-state index contributed by atoms with van der Waals surface area (Å²) in [5, 5.41) is 20.8. The average molecular weight is 670 g/mol. The van der Waals surface area contributed by atoms with Crippen molar-refractivity contribution in [2.24, 2.45) is 5.41 Å². The van der Waals surface area contributed by atoms with Gasteiger partial charge >= 0.3 is 0 Å². The van der Waals surface area contributed by atoms with Crippen molar-refractivity contribution >= 4 is 44.7 Å². The Morgan fingerprint density at radius 1 is 1.10 bits per heavy atom. The van der Waals surface area contributed by atoms with E-state index in [2.05, 4.69) is 21.9 Å². The van der Waals surface area contributed by atoms with Gasteiger partial charge in [-0.15, -0.1) is 0 Å². The quantitative estimate of drug-likeness (QED) is 0.297. The minimum atomic E-state index is -0.388. The third-order valence-corrected chi connectivity index (χ3v) is 11.8. The molecule has 2 aromatic carbocycles. The molecular weight excluding hydrogens is 633 g/mol. The highest BCUT2D eigenvalue weighted by atomic mass is 32.1. The molecule has 0 saturated carbocycles. The Morgan fingerprint density at radius 3 is 2.58 bits per heavy atom. The molecule has 0 unspecified atom stereocenters. The highest BCUT2D eigenvalue weighted by Crippen LogP contribution is 2.46. The number of aliphatic hydroxyl groups excluding tert-OH is 1. The zero-order valence-electron chi connectivity index (χ0n) is 26.9. The number of aliphatic hydroxyl groups is 1. The van der Waals surface area contributed by atoms with E-state index in [1.165, 1.54) is 23.5 Å². The molecule has 9 nitrogen and oxygen atoms in total. The number of fused-ring (bicyclic) bond motifs is 2. The Kier molecular flexibility index (Phi) is 7.81. The lowest BCUT2D eigenvalue weighted by Gasteiger charge is -2.41. The summed E-state index contributed by atoms with van der Waals surface area (Å²) in [7, 11) is 1.92. The van der Waals surface area contributed by atoms with E-state index in [0.29, 0.717) is 46.4 Å². The Hall–Kier alpha value is -4.18. The highest BCUT2D eigenvalue weighted by Gasteiger charge is 2.42. The first-order valence-electron chi connectivity index (χ1n) is 16.7. The summed E-state index contributed by atoms with van der Waals surface area (Å²) in [6.45, 7) is 4.64. The SMILES string of the molecule is CN(c1nc(-c2ccc(F)cc2)c(C#N)s1)c1c2c(nc3c(F)cc(N4CCC5(CCN(CC(=O)N6CC(O)C6)CC5)C4)cc13)CCC2. The number of nitrogens with zero attached hydrogens (tertiary/aromatic N) is 7. The summed E-state index contributed by atoms with van der Waals surface area (Å²) >= 11 is 1.27. The van der Waals surface area contributed by atoms with E-state index in [0.717, 1.165) is 92.7 Å². The summed E-state index contributed by atoms with van der Waals surface area (Å²) in [6, 6.07) is 11.9. The van der Waals surface area contributed by atoms with Crippen LogP contribution in [0.15, 0.2) is 36.4 Å². The number of hydrogen-bond donors (Lipinski definition) is 1. The van der Waals surface area contributed by atoms with E-state index in [-0.39, 0.29) is 29.1 Å². The lowest BCUT2D eigenvalue weighted by molar-refractivity contribution is -0.143. The maximum Gasteiger partial charge on any atom is 0.236 e. The van der Waals surface area contributed by atoms with Crippen molar-refractivity contribution in [2.75, 3.05) is 62.7 Å². The van der Waals surface area contributed by atoms with Gasteiger partial charge in [0.1, 0.15) is 28.0 Å². The number of carbonyl (C=O) groups is 1. The third-order valence-electron chi connectivity index (χ3n) is 10.8. The van der Waals surface area contributed by atoms with Crippen molar-refractivity contribution in [1.82, 2.24) is 19.8 Å². The number of thiazole rings is 1. The second kappa shape index (κ2) is 12.1. The van der Waals surface area contributed by atoms with Crippen LogP contribution in [-0.4, -0.2) is 89.7 Å². The van der Waals surface area contributed by atoms with Crippen molar-refractivity contribution in [1.29, 1.82) is 5.26 Å². The Morgan fingerprint density at radius 2 is 1.85 bits per heavy atom. The van der Waals surface area contributed by atoms with Crippen LogP contribution in [0.4, 0.5) is 25.3 Å². The molecule has 1 N–H and O–H groups in total. The lowest BCUT2D eigenvalue weighted by atomic mass is 9.78. The number of piperidine rings is 1. The standard InChI is InChI=1S/C36H37F2N7O2S/c1-42(35-41-32(30(17-39)48-35)22-5-7-23(37)8-6-22)34-26-3-2-4-29(26)40-33-27(34)15-24(16-28(33)38)44-14-11-36(21-44)9-12-43(13-10-36)20-31(47)45-18-25(46)19-45/h5-8,15-16,25,46H,2-4,9-14,18-21H2,1H3. The number of halogens is 2. The molecule has 1 spiro atoms. The van der Waals surface area contributed by atoms with Crippen molar-refractivity contribution in [3.05, 3.63) is 64.2 Å². The fourth-order valence-corrected chi connectivity index (χ4v) is 8.83. The molecule has 3 aliphatic heterocycles. The van der Waals surface area contributed by atoms with Gasteiger partial charge in [0.05, 0.1) is 18.3 Å². The number of aromatic nitrogens is 2. The predicted octanol–water partition coefficient (Wildman–Crippen LogP) is 5.26. The number of pyridine rings is 1. The highest BCUT2D eigenvalue weighted by molar-refractivity contribution is 7.16. The number of benzene rings is 2. The van der Waals surface area contributed by atoms with E-state index >= 15 is 4.39 Å². The number of rotatable bonds is 6. The Labute approximate surface area is 282 Å². The summed E-state index contributed by atoms with van der Waals surface area (Å²) in [6.07, 6.45) is 5.15. The van der Waals surface area contributed by atoms with E-state index in [9.17, 15) is 19.6 Å². The molecule has 48 heavy (non-hydrogen) atoms. The fourth-order valence-electron chi connectivity index (χ4n) is 7.97. The van der Waals surface area contributed by atoms with Gasteiger partial charge in [0, 0.05) is 55.6 Å². The monoisotopic (exact) mass is 669 g/mol. The normalized spacial score (nSPS) is 19.1. The van der Waals surface area contributed by atoms with Crippen molar-refractivity contribution in [3.8, 4) is 17.3 Å².